The summed E-state index contributed by atoms with van der Waals surface area (Å²) in [6.45, 7) is 1.01. The SMILES string of the molecule is c1ccc(N2CCCCC2(c2ccc(-n3c4ccccc4c4ccccc43)cc2)c2ccc(-n3c4ccccc4c4ccccc43)cc2)cc1. The van der Waals surface area contributed by atoms with Crippen molar-refractivity contribution in [2.24, 2.45) is 0 Å². The fourth-order valence-electron chi connectivity index (χ4n) is 8.87. The molecule has 240 valence electrons. The lowest BCUT2D eigenvalue weighted by Gasteiger charge is -2.50. The summed E-state index contributed by atoms with van der Waals surface area (Å²) in [6, 6.07) is 64.9. The van der Waals surface area contributed by atoms with Gasteiger partial charge in [0.05, 0.1) is 27.6 Å². The molecule has 1 aliphatic rings. The van der Waals surface area contributed by atoms with E-state index in [2.05, 4.69) is 190 Å². The van der Waals surface area contributed by atoms with Gasteiger partial charge in [0.2, 0.25) is 0 Å². The zero-order chi connectivity index (χ0) is 33.1. The molecule has 1 saturated heterocycles. The summed E-state index contributed by atoms with van der Waals surface area (Å²) in [5.74, 6) is 0. The smallest absolute Gasteiger partial charge is 0.0906 e. The topological polar surface area (TPSA) is 13.1 Å². The van der Waals surface area contributed by atoms with Gasteiger partial charge in [-0.05, 0) is 91.1 Å². The average molecular weight is 644 g/mol. The summed E-state index contributed by atoms with van der Waals surface area (Å²) in [7, 11) is 0. The molecule has 0 unspecified atom stereocenters. The molecule has 0 radical (unpaired) electrons. The third kappa shape index (κ3) is 4.29. The molecule has 3 heteroatoms. The minimum absolute atomic E-state index is 0.307. The van der Waals surface area contributed by atoms with Gasteiger partial charge in [-0.3, -0.25) is 0 Å². The lowest BCUT2D eigenvalue weighted by Crippen LogP contribution is -2.50. The van der Waals surface area contributed by atoms with Crippen LogP contribution in [0.5, 0.6) is 0 Å². The lowest BCUT2D eigenvalue weighted by molar-refractivity contribution is 0.369. The van der Waals surface area contributed by atoms with Gasteiger partial charge in [-0.2, -0.15) is 0 Å². The summed E-state index contributed by atoms with van der Waals surface area (Å²) < 4.78 is 4.83. The van der Waals surface area contributed by atoms with E-state index >= 15 is 0 Å². The quantitative estimate of drug-likeness (QED) is 0.182. The second kappa shape index (κ2) is 11.5. The van der Waals surface area contributed by atoms with E-state index in [-0.39, 0.29) is 5.54 Å². The van der Waals surface area contributed by atoms with Gasteiger partial charge in [-0.15, -0.1) is 0 Å². The Labute approximate surface area is 292 Å². The summed E-state index contributed by atoms with van der Waals surface area (Å²) >= 11 is 0. The van der Waals surface area contributed by atoms with E-state index in [4.69, 9.17) is 0 Å². The Morgan fingerprint density at radius 3 is 1.14 bits per heavy atom. The first kappa shape index (κ1) is 28.9. The molecule has 3 heterocycles. The van der Waals surface area contributed by atoms with Gasteiger partial charge < -0.3 is 14.0 Å². The average Bonchev–Trinajstić information content (AvgIpc) is 3.72. The molecule has 0 bridgehead atoms. The standard InChI is InChI=1S/C47H37N3/c1-2-14-36(15-3-1)48-33-13-12-32-47(48,34-24-28-37(29-25-34)49-43-20-8-4-16-39(43)40-17-5-9-21-44(40)49)35-26-30-38(31-27-35)50-45-22-10-6-18-41(45)42-19-7-11-23-46(42)50/h1-11,14-31H,12-13,32-33H2. The van der Waals surface area contributed by atoms with Crippen molar-refractivity contribution < 1.29 is 0 Å². The largest absolute Gasteiger partial charge is 0.358 e. The summed E-state index contributed by atoms with van der Waals surface area (Å²) in [6.07, 6.45) is 3.40. The normalized spacial score (nSPS) is 14.6. The van der Waals surface area contributed by atoms with Gasteiger partial charge in [0.15, 0.2) is 0 Å². The maximum Gasteiger partial charge on any atom is 0.0906 e. The second-order valence-electron chi connectivity index (χ2n) is 13.6. The zero-order valence-electron chi connectivity index (χ0n) is 27.9. The number of benzene rings is 7. The molecule has 3 nitrogen and oxygen atoms in total. The van der Waals surface area contributed by atoms with Crippen molar-refractivity contribution >= 4 is 49.3 Å². The molecule has 7 aromatic carbocycles. The van der Waals surface area contributed by atoms with Crippen molar-refractivity contribution in [2.45, 2.75) is 24.8 Å². The number of rotatable bonds is 5. The van der Waals surface area contributed by atoms with Crippen molar-refractivity contribution in [1.29, 1.82) is 0 Å². The zero-order valence-corrected chi connectivity index (χ0v) is 27.9. The Bertz CT molecular complexity index is 2380. The maximum atomic E-state index is 2.67. The summed E-state index contributed by atoms with van der Waals surface area (Å²) in [5.41, 5.74) is 10.9. The van der Waals surface area contributed by atoms with E-state index in [9.17, 15) is 0 Å². The van der Waals surface area contributed by atoms with Crippen LogP contribution in [0.2, 0.25) is 0 Å². The monoisotopic (exact) mass is 643 g/mol. The molecule has 0 aliphatic carbocycles. The van der Waals surface area contributed by atoms with Crippen LogP contribution in [0.1, 0.15) is 30.4 Å². The van der Waals surface area contributed by atoms with Crippen molar-refractivity contribution in [3.8, 4) is 11.4 Å². The van der Waals surface area contributed by atoms with E-state index in [1.807, 2.05) is 0 Å². The minimum Gasteiger partial charge on any atom is -0.358 e. The molecule has 0 saturated carbocycles. The first-order chi connectivity index (χ1) is 24.8. The molecule has 0 spiro atoms. The third-order valence-electron chi connectivity index (χ3n) is 11.1. The van der Waals surface area contributed by atoms with Gasteiger partial charge in [0.25, 0.3) is 0 Å². The highest BCUT2D eigenvalue weighted by molar-refractivity contribution is 6.10. The molecular weight excluding hydrogens is 607 g/mol. The van der Waals surface area contributed by atoms with E-state index in [0.29, 0.717) is 0 Å². The van der Waals surface area contributed by atoms with Crippen LogP contribution in [-0.4, -0.2) is 15.7 Å². The summed E-state index contributed by atoms with van der Waals surface area (Å²) in [5, 5.41) is 5.15. The first-order valence-corrected chi connectivity index (χ1v) is 17.8. The number of piperidine rings is 1. The molecule has 0 amide bonds. The Kier molecular flexibility index (Phi) is 6.67. The highest BCUT2D eigenvalue weighted by atomic mass is 15.2. The van der Waals surface area contributed by atoms with Crippen LogP contribution in [0.15, 0.2) is 176 Å². The van der Waals surface area contributed by atoms with Crippen molar-refractivity contribution in [2.75, 3.05) is 11.4 Å². The summed E-state index contributed by atoms with van der Waals surface area (Å²) in [4.78, 5) is 2.67. The van der Waals surface area contributed by atoms with E-state index in [1.54, 1.807) is 0 Å². The molecule has 10 rings (SSSR count). The van der Waals surface area contributed by atoms with Crippen LogP contribution in [0.4, 0.5) is 5.69 Å². The van der Waals surface area contributed by atoms with Crippen molar-refractivity contribution in [3.63, 3.8) is 0 Å². The van der Waals surface area contributed by atoms with Crippen LogP contribution in [-0.2, 0) is 5.54 Å². The molecule has 50 heavy (non-hydrogen) atoms. The van der Waals surface area contributed by atoms with Crippen molar-refractivity contribution in [1.82, 2.24) is 9.13 Å². The van der Waals surface area contributed by atoms with Gasteiger partial charge in [0.1, 0.15) is 0 Å². The molecule has 0 atom stereocenters. The molecule has 9 aromatic rings. The number of nitrogens with zero attached hydrogens (tertiary/aromatic N) is 3. The molecule has 2 aromatic heterocycles. The highest BCUT2D eigenvalue weighted by Gasteiger charge is 2.42. The fraction of sp³-hybridized carbons (Fsp3) is 0.106. The fourth-order valence-corrected chi connectivity index (χ4v) is 8.87. The van der Waals surface area contributed by atoms with Crippen LogP contribution >= 0.6 is 0 Å². The number of hydrogen-bond acceptors (Lipinski definition) is 1. The Morgan fingerprint density at radius 1 is 0.340 bits per heavy atom. The van der Waals surface area contributed by atoms with Crippen molar-refractivity contribution in [3.05, 3.63) is 187 Å². The highest BCUT2D eigenvalue weighted by Crippen LogP contribution is 2.47. The van der Waals surface area contributed by atoms with Gasteiger partial charge in [-0.1, -0.05) is 115 Å². The Morgan fingerprint density at radius 2 is 0.720 bits per heavy atom. The number of aromatic nitrogens is 2. The van der Waals surface area contributed by atoms with Crippen LogP contribution < -0.4 is 4.90 Å². The van der Waals surface area contributed by atoms with Gasteiger partial charge in [-0.25, -0.2) is 0 Å². The van der Waals surface area contributed by atoms with Crippen LogP contribution in [0.25, 0.3) is 55.0 Å². The number of hydrogen-bond donors (Lipinski definition) is 0. The maximum absolute atomic E-state index is 2.67. The molecule has 1 aliphatic heterocycles. The minimum atomic E-state index is -0.307. The number of para-hydroxylation sites is 5. The first-order valence-electron chi connectivity index (χ1n) is 17.8. The Balaban J connectivity index is 1.14. The van der Waals surface area contributed by atoms with Gasteiger partial charge >= 0.3 is 0 Å². The molecule has 0 N–H and O–H groups in total. The third-order valence-corrected chi connectivity index (χ3v) is 11.1. The van der Waals surface area contributed by atoms with E-state index in [1.165, 1.54) is 84.6 Å². The second-order valence-corrected chi connectivity index (χ2v) is 13.6. The molecule has 1 fully saturated rings. The predicted octanol–water partition coefficient (Wildman–Crippen LogP) is 11.8. The Hall–Kier alpha value is -6.06. The van der Waals surface area contributed by atoms with Crippen LogP contribution in [0, 0.1) is 0 Å². The van der Waals surface area contributed by atoms with E-state index < -0.39 is 0 Å². The number of fused-ring (bicyclic) bond motifs is 6. The van der Waals surface area contributed by atoms with E-state index in [0.717, 1.165) is 13.0 Å². The van der Waals surface area contributed by atoms with Crippen LogP contribution in [0.3, 0.4) is 0 Å². The predicted molar refractivity (Wildman–Crippen MR) is 210 cm³/mol. The lowest BCUT2D eigenvalue weighted by atomic mass is 9.74. The van der Waals surface area contributed by atoms with Gasteiger partial charge in [0, 0.05) is 45.2 Å². The number of anilines is 1. The molecular formula is C47H37N3.